The minimum atomic E-state index is -1.23. The van der Waals surface area contributed by atoms with Gasteiger partial charge in [0.05, 0.1) is 13.2 Å². The van der Waals surface area contributed by atoms with Crippen molar-refractivity contribution in [2.45, 2.75) is 26.7 Å². The first-order chi connectivity index (χ1) is 7.17. The third-order valence-electron chi connectivity index (χ3n) is 1.53. The lowest BCUT2D eigenvalue weighted by atomic mass is 10.1. The molecule has 0 heterocycles. The second kappa shape index (κ2) is 7.86. The van der Waals surface area contributed by atoms with E-state index in [2.05, 4.69) is 5.92 Å². The summed E-state index contributed by atoms with van der Waals surface area (Å²) >= 11 is 0. The summed E-state index contributed by atoms with van der Waals surface area (Å²) in [6.45, 7) is 4.23. The second-order valence-corrected chi connectivity index (χ2v) is 2.93. The van der Waals surface area contributed by atoms with E-state index in [1.165, 1.54) is 0 Å². The zero-order valence-electron chi connectivity index (χ0n) is 9.12. The van der Waals surface area contributed by atoms with Crippen LogP contribution in [0.4, 0.5) is 0 Å². The Hall–Kier alpha value is -1.50. The van der Waals surface area contributed by atoms with E-state index in [-0.39, 0.29) is 13.2 Å². The largest absolute Gasteiger partial charge is 0.464 e. The first-order valence-corrected chi connectivity index (χ1v) is 4.96. The van der Waals surface area contributed by atoms with Crippen molar-refractivity contribution < 1.29 is 19.1 Å². The van der Waals surface area contributed by atoms with Crippen LogP contribution in [-0.2, 0) is 19.1 Å². The Kier molecular flexibility index (Phi) is 7.08. The van der Waals surface area contributed by atoms with Gasteiger partial charge in [0.15, 0.2) is 0 Å². The van der Waals surface area contributed by atoms with Gasteiger partial charge in [-0.05, 0) is 12.8 Å². The molecule has 0 aliphatic heterocycles. The van der Waals surface area contributed by atoms with E-state index < -0.39 is 17.9 Å². The summed E-state index contributed by atoms with van der Waals surface area (Å²) < 4.78 is 9.53. The van der Waals surface area contributed by atoms with Gasteiger partial charge in [0.25, 0.3) is 0 Å². The number of hydrogen-bond donors (Lipinski definition) is 0. The molecule has 0 amide bonds. The lowest BCUT2D eigenvalue weighted by Gasteiger charge is -2.09. The Labute approximate surface area is 89.9 Å². The van der Waals surface area contributed by atoms with Gasteiger partial charge in [-0.25, -0.2) is 0 Å². The summed E-state index contributed by atoms with van der Waals surface area (Å²) in [5.41, 5.74) is 0. The smallest absolute Gasteiger partial charge is 0.332 e. The molecule has 0 aliphatic carbocycles. The van der Waals surface area contributed by atoms with E-state index >= 15 is 0 Å². The van der Waals surface area contributed by atoms with Crippen LogP contribution < -0.4 is 0 Å². The molecule has 0 aromatic carbocycles. The van der Waals surface area contributed by atoms with Crippen LogP contribution in [0.15, 0.2) is 0 Å². The summed E-state index contributed by atoms with van der Waals surface area (Å²) in [4.78, 5) is 22.5. The molecule has 0 aromatic rings. The minimum absolute atomic E-state index is 0.262. The van der Waals surface area contributed by atoms with Gasteiger partial charge >= 0.3 is 11.9 Å². The summed E-state index contributed by atoms with van der Waals surface area (Å²) in [6.07, 6.45) is 6.44. The third kappa shape index (κ3) is 5.06. The average molecular weight is 212 g/mol. The van der Waals surface area contributed by atoms with Crippen LogP contribution in [0, 0.1) is 18.3 Å². The fraction of sp³-hybridized carbons (Fsp3) is 0.636. The van der Waals surface area contributed by atoms with E-state index in [0.29, 0.717) is 12.8 Å². The fourth-order valence-corrected chi connectivity index (χ4v) is 0.804. The molecule has 4 nitrogen and oxygen atoms in total. The maximum absolute atomic E-state index is 11.3. The summed E-state index contributed by atoms with van der Waals surface area (Å²) in [6, 6.07) is 0. The van der Waals surface area contributed by atoms with Crippen molar-refractivity contribution >= 4 is 11.9 Å². The van der Waals surface area contributed by atoms with Gasteiger partial charge in [0.1, 0.15) is 0 Å². The van der Waals surface area contributed by atoms with Gasteiger partial charge in [0, 0.05) is 0 Å². The van der Waals surface area contributed by atoms with Crippen LogP contribution in [0.3, 0.4) is 0 Å². The summed E-state index contributed by atoms with van der Waals surface area (Å²) in [5.74, 6) is -0.579. The molecule has 0 saturated carbocycles. The highest BCUT2D eigenvalue weighted by molar-refractivity contribution is 5.98. The van der Waals surface area contributed by atoms with Crippen molar-refractivity contribution in [1.82, 2.24) is 0 Å². The SMILES string of the molecule is C#CC(C(=O)OCCC)C(=O)OCCC. The Morgan fingerprint density at radius 3 is 1.80 bits per heavy atom. The molecule has 84 valence electrons. The number of carbonyl (C=O) groups is 2. The van der Waals surface area contributed by atoms with E-state index in [9.17, 15) is 9.59 Å². The van der Waals surface area contributed by atoms with Crippen molar-refractivity contribution in [3.8, 4) is 12.3 Å². The Morgan fingerprint density at radius 1 is 1.13 bits per heavy atom. The molecule has 0 rings (SSSR count). The molecular formula is C11H16O4. The van der Waals surface area contributed by atoms with Crippen LogP contribution in [0.1, 0.15) is 26.7 Å². The Balaban J connectivity index is 4.17. The van der Waals surface area contributed by atoms with Crippen molar-refractivity contribution in [2.75, 3.05) is 13.2 Å². The van der Waals surface area contributed by atoms with E-state index in [1.54, 1.807) is 0 Å². The molecular weight excluding hydrogens is 196 g/mol. The van der Waals surface area contributed by atoms with Crippen molar-refractivity contribution in [2.24, 2.45) is 5.92 Å². The highest BCUT2D eigenvalue weighted by atomic mass is 16.6. The van der Waals surface area contributed by atoms with Gasteiger partial charge < -0.3 is 9.47 Å². The van der Waals surface area contributed by atoms with E-state index in [4.69, 9.17) is 15.9 Å². The Bertz CT molecular complexity index is 232. The third-order valence-corrected chi connectivity index (χ3v) is 1.53. The lowest BCUT2D eigenvalue weighted by molar-refractivity contribution is -0.159. The molecule has 0 unspecified atom stereocenters. The zero-order valence-corrected chi connectivity index (χ0v) is 9.12. The lowest BCUT2D eigenvalue weighted by Crippen LogP contribution is -2.27. The standard InChI is InChI=1S/C11H16O4/c1-4-7-14-10(12)9(6-3)11(13)15-8-5-2/h3,9H,4-5,7-8H2,1-2H3. The minimum Gasteiger partial charge on any atom is -0.464 e. The topological polar surface area (TPSA) is 52.6 Å². The van der Waals surface area contributed by atoms with E-state index in [1.807, 2.05) is 13.8 Å². The van der Waals surface area contributed by atoms with Gasteiger partial charge in [-0.15, -0.1) is 6.42 Å². The molecule has 0 radical (unpaired) electrons. The van der Waals surface area contributed by atoms with Crippen LogP contribution in [0.2, 0.25) is 0 Å². The Morgan fingerprint density at radius 2 is 1.53 bits per heavy atom. The molecule has 4 heteroatoms. The number of esters is 2. The number of carbonyl (C=O) groups excluding carboxylic acids is 2. The quantitative estimate of drug-likeness (QED) is 0.376. The van der Waals surface area contributed by atoms with Crippen molar-refractivity contribution in [1.29, 1.82) is 0 Å². The average Bonchev–Trinajstić information content (AvgIpc) is 2.24. The summed E-state index contributed by atoms with van der Waals surface area (Å²) in [5, 5.41) is 0. The summed E-state index contributed by atoms with van der Waals surface area (Å²) in [7, 11) is 0. The number of rotatable bonds is 6. The molecule has 0 N–H and O–H groups in total. The first kappa shape index (κ1) is 13.5. The molecule has 0 fully saturated rings. The van der Waals surface area contributed by atoms with Crippen molar-refractivity contribution in [3.05, 3.63) is 0 Å². The van der Waals surface area contributed by atoms with Gasteiger partial charge in [-0.3, -0.25) is 9.59 Å². The van der Waals surface area contributed by atoms with Crippen LogP contribution in [-0.4, -0.2) is 25.2 Å². The highest BCUT2D eigenvalue weighted by Crippen LogP contribution is 2.03. The number of ether oxygens (including phenoxy) is 2. The molecule has 15 heavy (non-hydrogen) atoms. The predicted molar refractivity (Wildman–Crippen MR) is 54.8 cm³/mol. The fourth-order valence-electron chi connectivity index (χ4n) is 0.804. The van der Waals surface area contributed by atoms with Gasteiger partial charge in [-0.1, -0.05) is 19.8 Å². The van der Waals surface area contributed by atoms with Crippen LogP contribution >= 0.6 is 0 Å². The zero-order chi connectivity index (χ0) is 11.7. The highest BCUT2D eigenvalue weighted by Gasteiger charge is 2.27. The van der Waals surface area contributed by atoms with Gasteiger partial charge in [-0.2, -0.15) is 0 Å². The molecule has 0 atom stereocenters. The van der Waals surface area contributed by atoms with Crippen LogP contribution in [0.5, 0.6) is 0 Å². The number of terminal acetylenes is 1. The molecule has 0 aromatic heterocycles. The maximum Gasteiger partial charge on any atom is 0.332 e. The number of hydrogen-bond acceptors (Lipinski definition) is 4. The van der Waals surface area contributed by atoms with Gasteiger partial charge in [0.2, 0.25) is 5.92 Å². The monoisotopic (exact) mass is 212 g/mol. The predicted octanol–water partition coefficient (Wildman–Crippen LogP) is 1.14. The molecule has 0 bridgehead atoms. The van der Waals surface area contributed by atoms with E-state index in [0.717, 1.165) is 0 Å². The van der Waals surface area contributed by atoms with Crippen molar-refractivity contribution in [3.63, 3.8) is 0 Å². The van der Waals surface area contributed by atoms with Crippen LogP contribution in [0.25, 0.3) is 0 Å². The first-order valence-electron chi connectivity index (χ1n) is 4.96. The normalized spacial score (nSPS) is 9.47. The molecule has 0 aliphatic rings. The maximum atomic E-state index is 11.3. The second-order valence-electron chi connectivity index (χ2n) is 2.93. The molecule has 0 saturated heterocycles. The molecule has 0 spiro atoms.